The van der Waals surface area contributed by atoms with Crippen molar-refractivity contribution in [3.8, 4) is 6.07 Å². The van der Waals surface area contributed by atoms with Crippen LogP contribution in [0.1, 0.15) is 46.2 Å². The number of nitriles is 1. The SMILES string of the molecule is N#Cc1cccc(NC(=O)c2cccc(NC(=O)C3CCCn4cc(C(F)(F)F)nc43)c2)c1. The number of hydrogen-bond donors (Lipinski definition) is 2. The number of anilines is 2. The summed E-state index contributed by atoms with van der Waals surface area (Å²) in [5.74, 6) is -1.68. The van der Waals surface area contributed by atoms with E-state index in [-0.39, 0.29) is 11.4 Å². The van der Waals surface area contributed by atoms with E-state index in [1.165, 1.54) is 16.7 Å². The van der Waals surface area contributed by atoms with Gasteiger partial charge in [0.15, 0.2) is 5.69 Å². The first-order chi connectivity index (χ1) is 15.7. The number of hydrogen-bond acceptors (Lipinski definition) is 4. The van der Waals surface area contributed by atoms with Gasteiger partial charge in [0.25, 0.3) is 5.91 Å². The second kappa shape index (κ2) is 8.78. The van der Waals surface area contributed by atoms with Gasteiger partial charge in [-0.25, -0.2) is 4.98 Å². The highest BCUT2D eigenvalue weighted by molar-refractivity contribution is 6.05. The van der Waals surface area contributed by atoms with E-state index in [9.17, 15) is 22.8 Å². The molecule has 0 saturated heterocycles. The average Bonchev–Trinajstić information content (AvgIpc) is 3.24. The number of nitrogens with one attached hydrogen (secondary N) is 2. The number of carbonyl (C=O) groups excluding carboxylic acids is 2. The Morgan fingerprint density at radius 3 is 2.55 bits per heavy atom. The Labute approximate surface area is 186 Å². The number of alkyl halides is 3. The van der Waals surface area contributed by atoms with Crippen LogP contribution in [0.5, 0.6) is 0 Å². The third-order valence-corrected chi connectivity index (χ3v) is 5.26. The number of aromatic nitrogens is 2. The van der Waals surface area contributed by atoms with Gasteiger partial charge >= 0.3 is 6.18 Å². The van der Waals surface area contributed by atoms with Gasteiger partial charge in [0, 0.05) is 29.7 Å². The summed E-state index contributed by atoms with van der Waals surface area (Å²) in [5, 5.41) is 14.3. The minimum atomic E-state index is -4.58. The Hall–Kier alpha value is -4.13. The zero-order valence-electron chi connectivity index (χ0n) is 17.2. The molecule has 168 valence electrons. The van der Waals surface area contributed by atoms with Crippen molar-refractivity contribution < 1.29 is 22.8 Å². The van der Waals surface area contributed by atoms with E-state index < -0.39 is 29.6 Å². The number of benzene rings is 2. The normalized spacial score (nSPS) is 15.3. The molecule has 1 aliphatic heterocycles. The van der Waals surface area contributed by atoms with Crippen LogP contribution in [0.3, 0.4) is 0 Å². The second-order valence-corrected chi connectivity index (χ2v) is 7.59. The molecule has 2 amide bonds. The molecular weight excluding hydrogens is 435 g/mol. The molecule has 2 heterocycles. The van der Waals surface area contributed by atoms with E-state index in [1.807, 2.05) is 6.07 Å². The standard InChI is InChI=1S/C23H18F3N5O2/c24-23(25,26)19-13-31-9-3-8-18(20(31)30-19)22(33)29-17-7-2-5-15(11-17)21(32)28-16-6-1-4-14(10-16)12-27/h1-2,4-7,10-11,13,18H,3,8-9H2,(H,28,32)(H,29,33). The topological polar surface area (TPSA) is 99.8 Å². The smallest absolute Gasteiger partial charge is 0.334 e. The van der Waals surface area contributed by atoms with Gasteiger partial charge < -0.3 is 15.2 Å². The summed E-state index contributed by atoms with van der Waals surface area (Å²) in [4.78, 5) is 29.1. The number of carbonyl (C=O) groups is 2. The lowest BCUT2D eigenvalue weighted by atomic mass is 9.98. The second-order valence-electron chi connectivity index (χ2n) is 7.59. The van der Waals surface area contributed by atoms with Gasteiger partial charge in [0.05, 0.1) is 17.6 Å². The summed E-state index contributed by atoms with van der Waals surface area (Å²) in [6.45, 7) is 0.366. The summed E-state index contributed by atoms with van der Waals surface area (Å²) in [6, 6.07) is 14.6. The van der Waals surface area contributed by atoms with Gasteiger partial charge in [-0.3, -0.25) is 9.59 Å². The highest BCUT2D eigenvalue weighted by atomic mass is 19.4. The van der Waals surface area contributed by atoms with Gasteiger partial charge in [0.1, 0.15) is 5.82 Å². The molecule has 2 N–H and O–H groups in total. The maximum atomic E-state index is 13.0. The summed E-state index contributed by atoms with van der Waals surface area (Å²) >= 11 is 0. The predicted octanol–water partition coefficient (Wildman–Crippen LogP) is 4.54. The molecule has 3 aromatic rings. The Morgan fingerprint density at radius 2 is 1.82 bits per heavy atom. The van der Waals surface area contributed by atoms with Gasteiger partial charge in [-0.1, -0.05) is 12.1 Å². The van der Waals surface area contributed by atoms with Crippen LogP contribution in [0.15, 0.2) is 54.7 Å². The largest absolute Gasteiger partial charge is 0.434 e. The first-order valence-corrected chi connectivity index (χ1v) is 10.1. The first kappa shape index (κ1) is 22.1. The fourth-order valence-corrected chi connectivity index (χ4v) is 3.70. The predicted molar refractivity (Wildman–Crippen MR) is 113 cm³/mol. The molecule has 7 nitrogen and oxygen atoms in total. The highest BCUT2D eigenvalue weighted by Crippen LogP contribution is 2.34. The molecule has 0 aliphatic carbocycles. The van der Waals surface area contributed by atoms with Crippen molar-refractivity contribution in [1.29, 1.82) is 5.26 Å². The van der Waals surface area contributed by atoms with Crippen molar-refractivity contribution in [2.75, 3.05) is 10.6 Å². The molecule has 1 aromatic heterocycles. The third-order valence-electron chi connectivity index (χ3n) is 5.26. The van der Waals surface area contributed by atoms with Crippen LogP contribution in [-0.4, -0.2) is 21.4 Å². The first-order valence-electron chi connectivity index (χ1n) is 10.1. The Morgan fingerprint density at radius 1 is 1.09 bits per heavy atom. The number of imidazole rings is 1. The lowest BCUT2D eigenvalue weighted by molar-refractivity contribution is -0.141. The number of nitrogens with zero attached hydrogens (tertiary/aromatic N) is 3. The molecule has 0 fully saturated rings. The molecule has 0 bridgehead atoms. The van der Waals surface area contributed by atoms with Crippen molar-refractivity contribution in [2.45, 2.75) is 31.5 Å². The highest BCUT2D eigenvalue weighted by Gasteiger charge is 2.38. The Kier molecular flexibility index (Phi) is 5.87. The molecule has 33 heavy (non-hydrogen) atoms. The maximum absolute atomic E-state index is 13.0. The van der Waals surface area contributed by atoms with Crippen molar-refractivity contribution in [2.24, 2.45) is 0 Å². The van der Waals surface area contributed by atoms with Crippen LogP contribution in [0.4, 0.5) is 24.5 Å². The molecule has 1 unspecified atom stereocenters. The molecule has 0 saturated carbocycles. The number of rotatable bonds is 4. The minimum absolute atomic E-state index is 0.0809. The van der Waals surface area contributed by atoms with Gasteiger partial charge in [-0.15, -0.1) is 0 Å². The van der Waals surface area contributed by atoms with Crippen LogP contribution in [0.25, 0.3) is 0 Å². The minimum Gasteiger partial charge on any atom is -0.334 e. The van der Waals surface area contributed by atoms with Crippen molar-refractivity contribution in [3.63, 3.8) is 0 Å². The van der Waals surface area contributed by atoms with E-state index in [4.69, 9.17) is 5.26 Å². The van der Waals surface area contributed by atoms with Crippen molar-refractivity contribution in [1.82, 2.24) is 9.55 Å². The molecule has 0 spiro atoms. The van der Waals surface area contributed by atoms with Gasteiger partial charge in [-0.05, 0) is 49.2 Å². The summed E-state index contributed by atoms with van der Waals surface area (Å²) in [6.07, 6.45) is -2.74. The zero-order chi connectivity index (χ0) is 23.6. The summed E-state index contributed by atoms with van der Waals surface area (Å²) in [7, 11) is 0. The molecule has 1 atom stereocenters. The van der Waals surface area contributed by atoms with Crippen LogP contribution in [0.2, 0.25) is 0 Å². The quantitative estimate of drug-likeness (QED) is 0.606. The molecule has 0 radical (unpaired) electrons. The Bertz CT molecular complexity index is 1260. The number of aryl methyl sites for hydroxylation is 1. The van der Waals surface area contributed by atoms with Crippen LogP contribution < -0.4 is 10.6 Å². The van der Waals surface area contributed by atoms with Gasteiger partial charge in [0.2, 0.25) is 5.91 Å². The van der Waals surface area contributed by atoms with Crippen LogP contribution >= 0.6 is 0 Å². The number of halogens is 3. The average molecular weight is 453 g/mol. The summed E-state index contributed by atoms with van der Waals surface area (Å²) in [5.41, 5.74) is 0.422. The molecule has 2 aromatic carbocycles. The molecule has 4 rings (SSSR count). The van der Waals surface area contributed by atoms with Crippen molar-refractivity contribution >= 4 is 23.2 Å². The van der Waals surface area contributed by atoms with Crippen molar-refractivity contribution in [3.05, 3.63) is 77.4 Å². The third kappa shape index (κ3) is 4.87. The molecule has 1 aliphatic rings. The number of fused-ring (bicyclic) bond motifs is 1. The fraction of sp³-hybridized carbons (Fsp3) is 0.217. The van der Waals surface area contributed by atoms with Crippen LogP contribution in [0, 0.1) is 11.3 Å². The monoisotopic (exact) mass is 453 g/mol. The number of amides is 2. The maximum Gasteiger partial charge on any atom is 0.434 e. The zero-order valence-corrected chi connectivity index (χ0v) is 17.2. The van der Waals surface area contributed by atoms with Gasteiger partial charge in [-0.2, -0.15) is 18.4 Å². The van der Waals surface area contributed by atoms with Crippen LogP contribution in [-0.2, 0) is 17.5 Å². The van der Waals surface area contributed by atoms with E-state index in [0.717, 1.165) is 6.20 Å². The Balaban J connectivity index is 1.49. The lowest BCUT2D eigenvalue weighted by Gasteiger charge is -2.22. The van der Waals surface area contributed by atoms with E-state index in [1.54, 1.807) is 36.4 Å². The molecular formula is C23H18F3N5O2. The lowest BCUT2D eigenvalue weighted by Crippen LogP contribution is -2.27. The molecule has 10 heteroatoms. The fourth-order valence-electron chi connectivity index (χ4n) is 3.70. The van der Waals surface area contributed by atoms with E-state index >= 15 is 0 Å². The van der Waals surface area contributed by atoms with E-state index in [0.29, 0.717) is 36.3 Å². The van der Waals surface area contributed by atoms with E-state index in [2.05, 4.69) is 15.6 Å². The summed E-state index contributed by atoms with van der Waals surface area (Å²) < 4.78 is 40.5.